The minimum absolute atomic E-state index is 0.284. The fourth-order valence-corrected chi connectivity index (χ4v) is 2.50. The summed E-state index contributed by atoms with van der Waals surface area (Å²) in [7, 11) is 0. The molecule has 3 aromatic rings. The van der Waals surface area contributed by atoms with Gasteiger partial charge >= 0.3 is 0 Å². The van der Waals surface area contributed by atoms with Crippen molar-refractivity contribution in [1.29, 1.82) is 0 Å². The van der Waals surface area contributed by atoms with Crippen LogP contribution in [0.1, 0.15) is 21.6 Å². The molecule has 8 heteroatoms. The number of aryl methyl sites for hydroxylation is 1. The standard InChI is InChI=1S/C16H14ClN5O2/c1-9-7-11(17)3-4-13(9)19-16(24)12-8-18-22(10(12)2)14-5-6-15(23)21-20-14/h3-8H,1-2H3,(H,19,24)(H,21,23). The van der Waals surface area contributed by atoms with E-state index in [0.29, 0.717) is 27.8 Å². The molecule has 0 aliphatic heterocycles. The Morgan fingerprint density at radius 2 is 2.04 bits per heavy atom. The maximum absolute atomic E-state index is 12.5. The maximum atomic E-state index is 12.5. The first-order valence-corrected chi connectivity index (χ1v) is 7.52. The Kier molecular flexibility index (Phi) is 4.18. The highest BCUT2D eigenvalue weighted by atomic mass is 35.5. The van der Waals surface area contributed by atoms with E-state index in [4.69, 9.17) is 11.6 Å². The number of benzene rings is 1. The minimum atomic E-state index is -0.306. The zero-order chi connectivity index (χ0) is 17.3. The van der Waals surface area contributed by atoms with Crippen LogP contribution in [0.5, 0.6) is 0 Å². The molecule has 2 heterocycles. The normalized spacial score (nSPS) is 10.6. The third kappa shape index (κ3) is 3.07. The molecule has 1 amide bonds. The predicted octanol–water partition coefficient (Wildman–Crippen LogP) is 2.48. The summed E-state index contributed by atoms with van der Waals surface area (Å²) in [6.45, 7) is 3.62. The van der Waals surface area contributed by atoms with Gasteiger partial charge in [-0.05, 0) is 43.7 Å². The van der Waals surface area contributed by atoms with Gasteiger partial charge in [-0.2, -0.15) is 10.2 Å². The molecule has 3 rings (SSSR count). The molecule has 2 aromatic heterocycles. The molecule has 0 bridgehead atoms. The van der Waals surface area contributed by atoms with Crippen LogP contribution in [0.4, 0.5) is 5.69 Å². The summed E-state index contributed by atoms with van der Waals surface area (Å²) in [5.74, 6) is 0.141. The third-order valence-electron chi connectivity index (χ3n) is 3.57. The first-order valence-electron chi connectivity index (χ1n) is 7.14. The summed E-state index contributed by atoms with van der Waals surface area (Å²) in [5, 5.41) is 13.9. The van der Waals surface area contributed by atoms with E-state index in [2.05, 4.69) is 20.6 Å². The van der Waals surface area contributed by atoms with Crippen molar-refractivity contribution in [3.05, 3.63) is 68.7 Å². The van der Waals surface area contributed by atoms with Crippen molar-refractivity contribution in [1.82, 2.24) is 20.0 Å². The molecule has 0 unspecified atom stereocenters. The van der Waals surface area contributed by atoms with Crippen LogP contribution >= 0.6 is 11.6 Å². The molecule has 2 N–H and O–H groups in total. The Labute approximate surface area is 142 Å². The summed E-state index contributed by atoms with van der Waals surface area (Å²) in [6.07, 6.45) is 1.46. The van der Waals surface area contributed by atoms with Gasteiger partial charge in [-0.25, -0.2) is 9.78 Å². The summed E-state index contributed by atoms with van der Waals surface area (Å²) in [4.78, 5) is 23.6. The highest BCUT2D eigenvalue weighted by Gasteiger charge is 2.16. The summed E-state index contributed by atoms with van der Waals surface area (Å²) in [5.41, 5.74) is 2.26. The number of halogens is 1. The Balaban J connectivity index is 1.88. The highest BCUT2D eigenvalue weighted by Crippen LogP contribution is 2.21. The van der Waals surface area contributed by atoms with Gasteiger partial charge in [-0.15, -0.1) is 0 Å². The molecule has 0 fully saturated rings. The van der Waals surface area contributed by atoms with Gasteiger partial charge in [-0.3, -0.25) is 9.59 Å². The number of hydrogen-bond donors (Lipinski definition) is 2. The molecule has 7 nitrogen and oxygen atoms in total. The second kappa shape index (κ2) is 6.29. The molecule has 0 aliphatic carbocycles. The molecule has 0 spiro atoms. The number of nitrogens with one attached hydrogen (secondary N) is 2. The van der Waals surface area contributed by atoms with Crippen LogP contribution in [-0.4, -0.2) is 25.9 Å². The quantitative estimate of drug-likeness (QED) is 0.764. The van der Waals surface area contributed by atoms with Crippen LogP contribution in [0.25, 0.3) is 5.82 Å². The molecule has 0 radical (unpaired) electrons. The fourth-order valence-electron chi connectivity index (χ4n) is 2.28. The Morgan fingerprint density at radius 3 is 2.71 bits per heavy atom. The van der Waals surface area contributed by atoms with Crippen molar-refractivity contribution in [2.24, 2.45) is 0 Å². The number of aromatic nitrogens is 4. The molecule has 24 heavy (non-hydrogen) atoms. The number of carbonyl (C=O) groups excluding carboxylic acids is 1. The smallest absolute Gasteiger partial charge is 0.264 e. The summed E-state index contributed by atoms with van der Waals surface area (Å²) < 4.78 is 1.49. The van der Waals surface area contributed by atoms with Crippen LogP contribution in [0, 0.1) is 13.8 Å². The number of nitrogens with zero attached hydrogens (tertiary/aromatic N) is 3. The molecular formula is C16H14ClN5O2. The van der Waals surface area contributed by atoms with Crippen LogP contribution in [0.3, 0.4) is 0 Å². The summed E-state index contributed by atoms with van der Waals surface area (Å²) in [6, 6.07) is 8.12. The molecule has 122 valence electrons. The third-order valence-corrected chi connectivity index (χ3v) is 3.81. The number of amides is 1. The average molecular weight is 344 g/mol. The second-order valence-corrected chi connectivity index (χ2v) is 5.68. The van der Waals surface area contributed by atoms with Crippen LogP contribution in [0.2, 0.25) is 5.02 Å². The van der Waals surface area contributed by atoms with Crippen LogP contribution in [-0.2, 0) is 0 Å². The molecule has 0 atom stereocenters. The van der Waals surface area contributed by atoms with Gasteiger partial charge in [0.05, 0.1) is 17.5 Å². The van der Waals surface area contributed by atoms with Gasteiger partial charge in [-0.1, -0.05) is 11.6 Å². The van der Waals surface area contributed by atoms with E-state index in [0.717, 1.165) is 5.56 Å². The lowest BCUT2D eigenvalue weighted by Crippen LogP contribution is -2.14. The van der Waals surface area contributed by atoms with Crippen LogP contribution < -0.4 is 10.9 Å². The largest absolute Gasteiger partial charge is 0.322 e. The van der Waals surface area contributed by atoms with Crippen LogP contribution in [0.15, 0.2) is 41.3 Å². The lowest BCUT2D eigenvalue weighted by molar-refractivity contribution is 0.102. The van der Waals surface area contributed by atoms with Crippen molar-refractivity contribution in [2.45, 2.75) is 13.8 Å². The lowest BCUT2D eigenvalue weighted by atomic mass is 10.2. The first-order chi connectivity index (χ1) is 11.5. The van der Waals surface area contributed by atoms with E-state index in [1.165, 1.54) is 23.0 Å². The van der Waals surface area contributed by atoms with E-state index >= 15 is 0 Å². The topological polar surface area (TPSA) is 92.7 Å². The predicted molar refractivity (Wildman–Crippen MR) is 90.9 cm³/mol. The number of H-pyrrole nitrogens is 1. The zero-order valence-electron chi connectivity index (χ0n) is 13.0. The van der Waals surface area contributed by atoms with Crippen molar-refractivity contribution >= 4 is 23.2 Å². The Morgan fingerprint density at radius 1 is 1.25 bits per heavy atom. The van der Waals surface area contributed by atoms with Gasteiger partial charge < -0.3 is 5.32 Å². The van der Waals surface area contributed by atoms with E-state index in [1.807, 2.05) is 6.92 Å². The minimum Gasteiger partial charge on any atom is -0.322 e. The van der Waals surface area contributed by atoms with Crippen molar-refractivity contribution in [2.75, 3.05) is 5.32 Å². The highest BCUT2D eigenvalue weighted by molar-refractivity contribution is 6.30. The van der Waals surface area contributed by atoms with Gasteiger partial charge in [0.15, 0.2) is 5.82 Å². The van der Waals surface area contributed by atoms with E-state index < -0.39 is 0 Å². The molecule has 0 saturated heterocycles. The van der Waals surface area contributed by atoms with Crippen molar-refractivity contribution in [3.63, 3.8) is 0 Å². The fraction of sp³-hybridized carbons (Fsp3) is 0.125. The zero-order valence-corrected chi connectivity index (χ0v) is 13.8. The Bertz CT molecular complexity index is 956. The number of aromatic amines is 1. The number of carbonyl (C=O) groups is 1. The maximum Gasteiger partial charge on any atom is 0.264 e. The van der Waals surface area contributed by atoms with Crippen molar-refractivity contribution in [3.8, 4) is 5.82 Å². The Hall–Kier alpha value is -2.93. The number of anilines is 1. The summed E-state index contributed by atoms with van der Waals surface area (Å²) >= 11 is 5.92. The van der Waals surface area contributed by atoms with Crippen molar-refractivity contribution < 1.29 is 4.79 Å². The van der Waals surface area contributed by atoms with Gasteiger partial charge in [0.1, 0.15) is 0 Å². The van der Waals surface area contributed by atoms with E-state index in [-0.39, 0.29) is 11.5 Å². The average Bonchev–Trinajstić information content (AvgIpc) is 2.92. The van der Waals surface area contributed by atoms with Gasteiger partial charge in [0, 0.05) is 16.8 Å². The van der Waals surface area contributed by atoms with E-state index in [1.54, 1.807) is 25.1 Å². The van der Waals surface area contributed by atoms with Gasteiger partial charge in [0.25, 0.3) is 11.5 Å². The van der Waals surface area contributed by atoms with E-state index in [9.17, 15) is 9.59 Å². The van der Waals surface area contributed by atoms with Gasteiger partial charge in [0.2, 0.25) is 0 Å². The lowest BCUT2D eigenvalue weighted by Gasteiger charge is -2.08. The molecular weight excluding hydrogens is 330 g/mol. The monoisotopic (exact) mass is 343 g/mol. The number of hydrogen-bond acceptors (Lipinski definition) is 4. The first kappa shape index (κ1) is 15.9. The molecule has 0 saturated carbocycles. The SMILES string of the molecule is Cc1cc(Cl)ccc1NC(=O)c1cnn(-c2ccc(=O)[nH]n2)c1C. The number of rotatable bonds is 3. The second-order valence-electron chi connectivity index (χ2n) is 5.25. The molecule has 1 aromatic carbocycles. The molecule has 0 aliphatic rings.